The van der Waals surface area contributed by atoms with Crippen LogP contribution in [0.4, 0.5) is 4.79 Å². The molecule has 6 heteroatoms. The van der Waals surface area contributed by atoms with Gasteiger partial charge in [0.2, 0.25) is 0 Å². The SMILES string of the molecule is C#CCOc1ccc(C(O)C(O)CNC(=O)OCc2ccccc2)cc1. The van der Waals surface area contributed by atoms with Crippen molar-refractivity contribution >= 4 is 6.09 Å². The Hall–Kier alpha value is -3.01. The molecule has 0 fully saturated rings. The van der Waals surface area contributed by atoms with Gasteiger partial charge in [0.15, 0.2) is 0 Å². The van der Waals surface area contributed by atoms with E-state index in [1.165, 1.54) is 0 Å². The van der Waals surface area contributed by atoms with Gasteiger partial charge in [0.25, 0.3) is 0 Å². The number of benzene rings is 2. The third-order valence-corrected chi connectivity index (χ3v) is 3.58. The normalized spacial score (nSPS) is 12.5. The molecule has 0 bridgehead atoms. The molecule has 2 rings (SSSR count). The maximum absolute atomic E-state index is 11.7. The summed E-state index contributed by atoms with van der Waals surface area (Å²) in [5.41, 5.74) is 1.35. The summed E-state index contributed by atoms with van der Waals surface area (Å²) >= 11 is 0. The Morgan fingerprint density at radius 2 is 1.81 bits per heavy atom. The number of aliphatic hydroxyl groups excluding tert-OH is 2. The number of carbonyl (C=O) groups is 1. The zero-order valence-corrected chi connectivity index (χ0v) is 14.2. The Morgan fingerprint density at radius 1 is 1.12 bits per heavy atom. The van der Waals surface area contributed by atoms with E-state index in [4.69, 9.17) is 15.9 Å². The average molecular weight is 355 g/mol. The lowest BCUT2D eigenvalue weighted by Crippen LogP contribution is -2.35. The van der Waals surface area contributed by atoms with Gasteiger partial charge in [-0.25, -0.2) is 4.79 Å². The molecule has 0 aromatic heterocycles. The lowest BCUT2D eigenvalue weighted by Gasteiger charge is -2.19. The first-order valence-corrected chi connectivity index (χ1v) is 8.07. The maximum atomic E-state index is 11.7. The molecule has 0 aliphatic rings. The Balaban J connectivity index is 1.76. The van der Waals surface area contributed by atoms with Crippen LogP contribution >= 0.6 is 0 Å². The molecular weight excluding hydrogens is 334 g/mol. The molecule has 1 amide bonds. The minimum atomic E-state index is -1.18. The molecule has 136 valence electrons. The van der Waals surface area contributed by atoms with E-state index >= 15 is 0 Å². The number of terminal acetylenes is 1. The van der Waals surface area contributed by atoms with E-state index in [2.05, 4.69) is 11.2 Å². The second-order valence-electron chi connectivity index (χ2n) is 5.52. The van der Waals surface area contributed by atoms with Gasteiger partial charge in [-0.05, 0) is 23.3 Å². The summed E-state index contributed by atoms with van der Waals surface area (Å²) < 4.78 is 10.3. The number of amides is 1. The first-order chi connectivity index (χ1) is 12.6. The molecule has 3 N–H and O–H groups in total. The number of carbonyl (C=O) groups excluding carboxylic acids is 1. The molecule has 0 aliphatic carbocycles. The van der Waals surface area contributed by atoms with Crippen LogP contribution in [0.25, 0.3) is 0 Å². The first-order valence-electron chi connectivity index (χ1n) is 8.07. The quantitative estimate of drug-likeness (QED) is 0.631. The Kier molecular flexibility index (Phi) is 7.49. The van der Waals surface area contributed by atoms with Crippen LogP contribution in [0, 0.1) is 12.3 Å². The highest BCUT2D eigenvalue weighted by atomic mass is 16.5. The highest BCUT2D eigenvalue weighted by Crippen LogP contribution is 2.20. The fraction of sp³-hybridized carbons (Fsp3) is 0.250. The zero-order chi connectivity index (χ0) is 18.8. The van der Waals surface area contributed by atoms with Crippen molar-refractivity contribution in [3.63, 3.8) is 0 Å². The Morgan fingerprint density at radius 3 is 2.46 bits per heavy atom. The van der Waals surface area contributed by atoms with Gasteiger partial charge >= 0.3 is 6.09 Å². The maximum Gasteiger partial charge on any atom is 0.407 e. The number of alkyl carbamates (subject to hydrolysis) is 1. The van der Waals surface area contributed by atoms with E-state index in [0.717, 1.165) is 5.56 Å². The van der Waals surface area contributed by atoms with Crippen molar-refractivity contribution in [2.75, 3.05) is 13.2 Å². The van der Waals surface area contributed by atoms with Crippen LogP contribution in [0.5, 0.6) is 5.75 Å². The van der Waals surface area contributed by atoms with Crippen LogP contribution in [-0.2, 0) is 11.3 Å². The molecular formula is C20H21NO5. The van der Waals surface area contributed by atoms with Gasteiger partial charge in [0, 0.05) is 6.54 Å². The van der Waals surface area contributed by atoms with Crippen LogP contribution in [0.2, 0.25) is 0 Å². The molecule has 0 saturated carbocycles. The van der Waals surface area contributed by atoms with Crippen molar-refractivity contribution in [3.8, 4) is 18.1 Å². The van der Waals surface area contributed by atoms with Crippen molar-refractivity contribution in [1.29, 1.82) is 0 Å². The summed E-state index contributed by atoms with van der Waals surface area (Å²) in [5.74, 6) is 2.92. The van der Waals surface area contributed by atoms with E-state index in [1.54, 1.807) is 24.3 Å². The molecule has 2 aromatic carbocycles. The summed E-state index contributed by atoms with van der Waals surface area (Å²) in [4.78, 5) is 11.7. The highest BCUT2D eigenvalue weighted by molar-refractivity contribution is 5.67. The minimum Gasteiger partial charge on any atom is -0.481 e. The standard InChI is InChI=1S/C20H21NO5/c1-2-12-25-17-10-8-16(9-11-17)19(23)18(22)13-21-20(24)26-14-15-6-4-3-5-7-15/h1,3-11,18-19,22-23H,12-14H2,(H,21,24). The number of nitrogens with one attached hydrogen (secondary N) is 1. The van der Waals surface area contributed by atoms with Crippen molar-refractivity contribution in [2.24, 2.45) is 0 Å². The molecule has 26 heavy (non-hydrogen) atoms. The van der Waals surface area contributed by atoms with E-state index in [-0.39, 0.29) is 19.8 Å². The van der Waals surface area contributed by atoms with Gasteiger partial charge < -0.3 is 25.0 Å². The number of hydrogen-bond acceptors (Lipinski definition) is 5. The van der Waals surface area contributed by atoms with Crippen LogP contribution in [0.1, 0.15) is 17.2 Å². The van der Waals surface area contributed by atoms with Crippen LogP contribution in [-0.4, -0.2) is 35.6 Å². The summed E-state index contributed by atoms with van der Waals surface area (Å²) in [6.45, 7) is 0.133. The predicted molar refractivity (Wildman–Crippen MR) is 96.4 cm³/mol. The smallest absolute Gasteiger partial charge is 0.407 e. The van der Waals surface area contributed by atoms with E-state index < -0.39 is 18.3 Å². The molecule has 0 heterocycles. The van der Waals surface area contributed by atoms with Gasteiger partial charge in [0.05, 0.1) is 0 Å². The second-order valence-corrected chi connectivity index (χ2v) is 5.52. The van der Waals surface area contributed by atoms with Gasteiger partial charge in [-0.15, -0.1) is 6.42 Å². The Labute approximate surface area is 152 Å². The van der Waals surface area contributed by atoms with Gasteiger partial charge in [0.1, 0.15) is 31.2 Å². The molecule has 2 unspecified atom stereocenters. The van der Waals surface area contributed by atoms with Crippen LogP contribution in [0.3, 0.4) is 0 Å². The highest BCUT2D eigenvalue weighted by Gasteiger charge is 2.19. The zero-order valence-electron chi connectivity index (χ0n) is 14.2. The molecule has 0 saturated heterocycles. The summed E-state index contributed by atoms with van der Waals surface area (Å²) in [5, 5.41) is 22.6. The first kappa shape index (κ1) is 19.3. The van der Waals surface area contributed by atoms with E-state index in [9.17, 15) is 15.0 Å². The van der Waals surface area contributed by atoms with Gasteiger partial charge in [-0.2, -0.15) is 0 Å². The predicted octanol–water partition coefficient (Wildman–Crippen LogP) is 2.02. The second kappa shape index (κ2) is 10.1. The Bertz CT molecular complexity index is 724. The molecule has 0 radical (unpaired) electrons. The summed E-state index contributed by atoms with van der Waals surface area (Å²) in [6.07, 6.45) is 2.10. The number of hydrogen-bond donors (Lipinski definition) is 3. The largest absolute Gasteiger partial charge is 0.481 e. The summed E-state index contributed by atoms with van der Waals surface area (Å²) in [7, 11) is 0. The molecule has 0 spiro atoms. The molecule has 2 aromatic rings. The number of ether oxygens (including phenoxy) is 2. The fourth-order valence-electron chi connectivity index (χ4n) is 2.18. The lowest BCUT2D eigenvalue weighted by molar-refractivity contribution is 0.0184. The summed E-state index contributed by atoms with van der Waals surface area (Å²) in [6, 6.07) is 15.8. The molecule has 0 aliphatic heterocycles. The topological polar surface area (TPSA) is 88.0 Å². The monoisotopic (exact) mass is 355 g/mol. The average Bonchev–Trinajstić information content (AvgIpc) is 2.69. The minimum absolute atomic E-state index is 0.129. The fourth-order valence-corrected chi connectivity index (χ4v) is 2.18. The third kappa shape index (κ3) is 6.13. The van der Waals surface area contributed by atoms with Gasteiger partial charge in [-0.1, -0.05) is 48.4 Å². The van der Waals surface area contributed by atoms with E-state index in [0.29, 0.717) is 11.3 Å². The number of aliphatic hydroxyl groups is 2. The third-order valence-electron chi connectivity index (χ3n) is 3.58. The van der Waals surface area contributed by atoms with Crippen molar-refractivity contribution in [2.45, 2.75) is 18.8 Å². The van der Waals surface area contributed by atoms with E-state index in [1.807, 2.05) is 30.3 Å². The van der Waals surface area contributed by atoms with Crippen LogP contribution < -0.4 is 10.1 Å². The van der Waals surface area contributed by atoms with Crippen molar-refractivity contribution in [3.05, 3.63) is 65.7 Å². The van der Waals surface area contributed by atoms with Gasteiger partial charge in [-0.3, -0.25) is 0 Å². The lowest BCUT2D eigenvalue weighted by atomic mass is 10.0. The molecule has 6 nitrogen and oxygen atoms in total. The van der Waals surface area contributed by atoms with Crippen LogP contribution in [0.15, 0.2) is 54.6 Å². The van der Waals surface area contributed by atoms with Crippen molar-refractivity contribution < 1.29 is 24.5 Å². The number of rotatable bonds is 8. The molecule has 2 atom stereocenters. The van der Waals surface area contributed by atoms with Crippen molar-refractivity contribution in [1.82, 2.24) is 5.32 Å².